The Labute approximate surface area is 152 Å². The molecule has 1 aliphatic heterocycles. The van der Waals surface area contributed by atoms with Crippen LogP contribution in [0.15, 0.2) is 18.2 Å². The van der Waals surface area contributed by atoms with Crippen LogP contribution >= 0.6 is 47.4 Å². The van der Waals surface area contributed by atoms with E-state index in [1.54, 1.807) is 17.8 Å². The van der Waals surface area contributed by atoms with Crippen molar-refractivity contribution < 1.29 is 4.79 Å². The molecule has 1 heterocycles. The van der Waals surface area contributed by atoms with Gasteiger partial charge < -0.3 is 10.6 Å². The predicted molar refractivity (Wildman–Crippen MR) is 98.5 cm³/mol. The molecule has 1 aromatic carbocycles. The summed E-state index contributed by atoms with van der Waals surface area (Å²) in [5.74, 6) is 1.84. The van der Waals surface area contributed by atoms with Crippen LogP contribution in [-0.4, -0.2) is 31.3 Å². The number of carbonyl (C=O) groups is 1. The second kappa shape index (κ2) is 10.6. The fourth-order valence-corrected chi connectivity index (χ4v) is 3.72. The highest BCUT2D eigenvalue weighted by Gasteiger charge is 2.13. The summed E-state index contributed by atoms with van der Waals surface area (Å²) >= 11 is 13.5. The average Bonchev–Trinajstić information content (AvgIpc) is 2.48. The smallest absolute Gasteiger partial charge is 0.230 e. The van der Waals surface area contributed by atoms with Crippen molar-refractivity contribution in [2.24, 2.45) is 5.92 Å². The number of nitrogens with one attached hydrogen (secondary N) is 2. The maximum absolute atomic E-state index is 11.8. The maximum atomic E-state index is 11.8. The molecule has 0 spiro atoms. The first-order valence-electron chi connectivity index (χ1n) is 7.14. The molecule has 1 atom stereocenters. The maximum Gasteiger partial charge on any atom is 0.230 e. The van der Waals surface area contributed by atoms with Crippen molar-refractivity contribution in [1.82, 2.24) is 10.6 Å². The van der Waals surface area contributed by atoms with Gasteiger partial charge in [-0.05, 0) is 49.5 Å². The number of benzene rings is 1. The Morgan fingerprint density at radius 1 is 1.41 bits per heavy atom. The number of carbonyl (C=O) groups excluding carboxylic acids is 1. The highest BCUT2D eigenvalue weighted by Crippen LogP contribution is 2.24. The molecule has 2 N–H and O–H groups in total. The van der Waals surface area contributed by atoms with Gasteiger partial charge in [0, 0.05) is 22.3 Å². The number of halogens is 3. The van der Waals surface area contributed by atoms with E-state index in [0.29, 0.717) is 27.5 Å². The largest absolute Gasteiger partial charge is 0.355 e. The fraction of sp³-hybridized carbons (Fsp3) is 0.533. The van der Waals surface area contributed by atoms with Crippen molar-refractivity contribution in [1.29, 1.82) is 0 Å². The van der Waals surface area contributed by atoms with Crippen LogP contribution in [0.2, 0.25) is 10.0 Å². The predicted octanol–water partition coefficient (Wildman–Crippen LogP) is 3.76. The Balaban J connectivity index is 0.00000242. The molecule has 2 rings (SSSR count). The first kappa shape index (κ1) is 19.9. The minimum atomic E-state index is 0. The summed E-state index contributed by atoms with van der Waals surface area (Å²) in [5, 5.41) is 7.65. The van der Waals surface area contributed by atoms with Gasteiger partial charge in [-0.15, -0.1) is 24.2 Å². The van der Waals surface area contributed by atoms with E-state index in [-0.39, 0.29) is 18.3 Å². The first-order valence-corrected chi connectivity index (χ1v) is 9.05. The van der Waals surface area contributed by atoms with Crippen LogP contribution in [-0.2, 0) is 10.5 Å². The number of piperidine rings is 1. The summed E-state index contributed by atoms with van der Waals surface area (Å²) in [4.78, 5) is 11.8. The molecule has 124 valence electrons. The highest BCUT2D eigenvalue weighted by atomic mass is 35.5. The van der Waals surface area contributed by atoms with Gasteiger partial charge in [-0.1, -0.05) is 29.3 Å². The van der Waals surface area contributed by atoms with E-state index in [1.165, 1.54) is 12.8 Å². The third kappa shape index (κ3) is 6.97. The zero-order chi connectivity index (χ0) is 15.1. The molecule has 1 amide bonds. The van der Waals surface area contributed by atoms with Crippen LogP contribution in [0.4, 0.5) is 0 Å². The molecule has 1 unspecified atom stereocenters. The minimum absolute atomic E-state index is 0. The highest BCUT2D eigenvalue weighted by molar-refractivity contribution is 7.99. The van der Waals surface area contributed by atoms with Crippen molar-refractivity contribution in [3.05, 3.63) is 33.8 Å². The van der Waals surface area contributed by atoms with Crippen LogP contribution < -0.4 is 10.6 Å². The van der Waals surface area contributed by atoms with Gasteiger partial charge in [-0.25, -0.2) is 0 Å². The Hall–Kier alpha value is -0.130. The number of rotatable bonds is 6. The van der Waals surface area contributed by atoms with Gasteiger partial charge in [-0.2, -0.15) is 0 Å². The number of thioether (sulfide) groups is 1. The summed E-state index contributed by atoms with van der Waals surface area (Å²) in [6.45, 7) is 2.88. The quantitative estimate of drug-likeness (QED) is 0.786. The third-order valence-corrected chi connectivity index (χ3v) is 5.06. The number of hydrogen-bond donors (Lipinski definition) is 2. The standard InChI is InChI=1S/C15H20Cl2N2OS.ClH/c16-13-4-3-12(14(17)6-13)9-21-10-15(20)19-8-11-2-1-5-18-7-11;/h3-4,6,11,18H,1-2,5,7-10H2,(H,19,20);1H. The molecular formula is C15H21Cl3N2OS. The first-order chi connectivity index (χ1) is 10.1. The average molecular weight is 384 g/mol. The molecule has 1 fully saturated rings. The molecule has 0 bridgehead atoms. The minimum Gasteiger partial charge on any atom is -0.355 e. The lowest BCUT2D eigenvalue weighted by Crippen LogP contribution is -2.38. The van der Waals surface area contributed by atoms with Crippen molar-refractivity contribution in [3.63, 3.8) is 0 Å². The van der Waals surface area contributed by atoms with Crippen molar-refractivity contribution >= 4 is 53.3 Å². The van der Waals surface area contributed by atoms with E-state index >= 15 is 0 Å². The molecular weight excluding hydrogens is 363 g/mol. The summed E-state index contributed by atoms with van der Waals surface area (Å²) in [7, 11) is 0. The normalized spacial score (nSPS) is 17.6. The Morgan fingerprint density at radius 2 is 2.23 bits per heavy atom. The van der Waals surface area contributed by atoms with Crippen LogP contribution in [0.25, 0.3) is 0 Å². The summed E-state index contributed by atoms with van der Waals surface area (Å²) in [6, 6.07) is 5.46. The second-order valence-electron chi connectivity index (χ2n) is 5.24. The molecule has 1 saturated heterocycles. The second-order valence-corrected chi connectivity index (χ2v) is 7.07. The lowest BCUT2D eigenvalue weighted by Gasteiger charge is -2.22. The van der Waals surface area contributed by atoms with Crippen molar-refractivity contribution in [2.45, 2.75) is 18.6 Å². The molecule has 0 aromatic heterocycles. The molecule has 1 aromatic rings. The van der Waals surface area contributed by atoms with Crippen molar-refractivity contribution in [2.75, 3.05) is 25.4 Å². The third-order valence-electron chi connectivity index (χ3n) is 3.49. The van der Waals surface area contributed by atoms with E-state index in [2.05, 4.69) is 10.6 Å². The van der Waals surface area contributed by atoms with E-state index in [0.717, 1.165) is 25.2 Å². The summed E-state index contributed by atoms with van der Waals surface area (Å²) in [6.07, 6.45) is 2.39. The van der Waals surface area contributed by atoms with Crippen LogP contribution in [0.1, 0.15) is 18.4 Å². The van der Waals surface area contributed by atoms with Gasteiger partial charge in [0.25, 0.3) is 0 Å². The van der Waals surface area contributed by atoms with E-state index in [4.69, 9.17) is 23.2 Å². The SMILES string of the molecule is Cl.O=C(CSCc1ccc(Cl)cc1Cl)NCC1CCCNC1. The molecule has 0 saturated carbocycles. The molecule has 1 aliphatic rings. The molecule has 0 radical (unpaired) electrons. The number of hydrogen-bond acceptors (Lipinski definition) is 3. The van der Waals surface area contributed by atoms with Crippen molar-refractivity contribution in [3.8, 4) is 0 Å². The number of amides is 1. The van der Waals surface area contributed by atoms with Gasteiger partial charge in [0.05, 0.1) is 5.75 Å². The van der Waals surface area contributed by atoms with E-state index in [9.17, 15) is 4.79 Å². The lowest BCUT2D eigenvalue weighted by atomic mass is 10.00. The molecule has 0 aliphatic carbocycles. The van der Waals surface area contributed by atoms with E-state index in [1.807, 2.05) is 12.1 Å². The Bertz CT molecular complexity index is 482. The van der Waals surface area contributed by atoms with Gasteiger partial charge in [0.1, 0.15) is 0 Å². The van der Waals surface area contributed by atoms with Gasteiger partial charge >= 0.3 is 0 Å². The topological polar surface area (TPSA) is 41.1 Å². The fourth-order valence-electron chi connectivity index (χ4n) is 2.30. The summed E-state index contributed by atoms with van der Waals surface area (Å²) in [5.41, 5.74) is 1.01. The Kier molecular flexibility index (Phi) is 9.60. The van der Waals surface area contributed by atoms with E-state index < -0.39 is 0 Å². The summed E-state index contributed by atoms with van der Waals surface area (Å²) < 4.78 is 0. The van der Waals surface area contributed by atoms with Crippen LogP contribution in [0.3, 0.4) is 0 Å². The molecule has 3 nitrogen and oxygen atoms in total. The molecule has 7 heteroatoms. The van der Waals surface area contributed by atoms with Crippen LogP contribution in [0, 0.1) is 5.92 Å². The lowest BCUT2D eigenvalue weighted by molar-refractivity contribution is -0.118. The Morgan fingerprint density at radius 3 is 2.91 bits per heavy atom. The zero-order valence-electron chi connectivity index (χ0n) is 12.2. The zero-order valence-corrected chi connectivity index (χ0v) is 15.4. The van der Waals surface area contributed by atoms with Crippen LogP contribution in [0.5, 0.6) is 0 Å². The van der Waals surface area contributed by atoms with Gasteiger partial charge in [-0.3, -0.25) is 4.79 Å². The van der Waals surface area contributed by atoms with Gasteiger partial charge in [0.2, 0.25) is 5.91 Å². The molecule has 22 heavy (non-hydrogen) atoms. The monoisotopic (exact) mass is 382 g/mol. The van der Waals surface area contributed by atoms with Gasteiger partial charge in [0.15, 0.2) is 0 Å².